The summed E-state index contributed by atoms with van der Waals surface area (Å²) in [5.74, 6) is 0.0915. The number of carboxylic acid groups (broad SMARTS) is 1. The largest absolute Gasteiger partial charge is 0.491 e. The van der Waals surface area contributed by atoms with E-state index in [9.17, 15) is 4.79 Å². The van der Waals surface area contributed by atoms with Crippen molar-refractivity contribution in [3.8, 4) is 5.75 Å². The van der Waals surface area contributed by atoms with Crippen LogP contribution in [-0.4, -0.2) is 23.2 Å². The summed E-state index contributed by atoms with van der Waals surface area (Å²) in [7, 11) is 0. The Morgan fingerprint density at radius 3 is 2.58 bits per heavy atom. The molecule has 0 radical (unpaired) electrons. The maximum atomic E-state index is 11.0. The zero-order valence-corrected chi connectivity index (χ0v) is 11.4. The van der Waals surface area contributed by atoms with Crippen LogP contribution in [0.25, 0.3) is 0 Å². The molecule has 1 saturated heterocycles. The number of carbonyl (C=O) groups is 1. The molecule has 4 heteroatoms. The lowest BCUT2D eigenvalue weighted by atomic mass is 9.93. The van der Waals surface area contributed by atoms with Crippen molar-refractivity contribution in [3.05, 3.63) is 29.8 Å². The third-order valence-corrected chi connectivity index (χ3v) is 3.34. The van der Waals surface area contributed by atoms with Gasteiger partial charge in [-0.05, 0) is 50.8 Å². The predicted octanol–water partition coefficient (Wildman–Crippen LogP) is 2.74. The van der Waals surface area contributed by atoms with Gasteiger partial charge in [0.2, 0.25) is 0 Å². The Hall–Kier alpha value is -1.55. The van der Waals surface area contributed by atoms with Gasteiger partial charge >= 0.3 is 5.97 Å². The second kappa shape index (κ2) is 6.06. The summed E-state index contributed by atoms with van der Waals surface area (Å²) >= 11 is 0. The standard InChI is InChI=1S/C15H21NO3/c1-10(2)19-12-8-6-11(7-9-12)13-4-3-5-14(16-13)15(17)18/h6-10,13-14,16H,3-5H2,1-2H3,(H,17,18). The van der Waals surface area contributed by atoms with Crippen LogP contribution in [0, 0.1) is 0 Å². The number of hydrogen-bond donors (Lipinski definition) is 2. The van der Waals surface area contributed by atoms with Crippen molar-refractivity contribution in [3.63, 3.8) is 0 Å². The van der Waals surface area contributed by atoms with E-state index >= 15 is 0 Å². The number of piperidine rings is 1. The van der Waals surface area contributed by atoms with Crippen molar-refractivity contribution in [1.29, 1.82) is 0 Å². The van der Waals surface area contributed by atoms with E-state index in [0.29, 0.717) is 6.42 Å². The highest BCUT2D eigenvalue weighted by Gasteiger charge is 2.26. The zero-order chi connectivity index (χ0) is 13.8. The number of aliphatic carboxylic acids is 1. The maximum Gasteiger partial charge on any atom is 0.320 e. The third kappa shape index (κ3) is 3.70. The Bertz CT molecular complexity index is 428. The fourth-order valence-corrected chi connectivity index (χ4v) is 2.44. The molecule has 4 nitrogen and oxygen atoms in total. The average molecular weight is 263 g/mol. The molecule has 2 N–H and O–H groups in total. The van der Waals surface area contributed by atoms with Gasteiger partial charge in [0, 0.05) is 6.04 Å². The molecule has 1 aliphatic heterocycles. The molecular weight excluding hydrogens is 242 g/mol. The van der Waals surface area contributed by atoms with Gasteiger partial charge < -0.3 is 9.84 Å². The number of nitrogens with one attached hydrogen (secondary N) is 1. The topological polar surface area (TPSA) is 58.6 Å². The summed E-state index contributed by atoms with van der Waals surface area (Å²) in [6.45, 7) is 3.99. The van der Waals surface area contributed by atoms with Crippen LogP contribution in [0.15, 0.2) is 24.3 Å². The van der Waals surface area contributed by atoms with Crippen molar-refractivity contribution in [2.24, 2.45) is 0 Å². The van der Waals surface area contributed by atoms with Gasteiger partial charge in [-0.25, -0.2) is 0 Å². The number of carboxylic acids is 1. The molecular formula is C15H21NO3. The van der Waals surface area contributed by atoms with E-state index in [-0.39, 0.29) is 12.1 Å². The normalized spacial score (nSPS) is 23.3. The van der Waals surface area contributed by atoms with E-state index in [4.69, 9.17) is 9.84 Å². The van der Waals surface area contributed by atoms with Crippen LogP contribution >= 0.6 is 0 Å². The number of rotatable bonds is 4. The minimum atomic E-state index is -0.760. The first-order valence-electron chi connectivity index (χ1n) is 6.81. The Kier molecular flexibility index (Phi) is 4.43. The van der Waals surface area contributed by atoms with Gasteiger partial charge in [-0.3, -0.25) is 10.1 Å². The van der Waals surface area contributed by atoms with E-state index < -0.39 is 12.0 Å². The maximum absolute atomic E-state index is 11.0. The molecule has 0 aliphatic carbocycles. The second-order valence-electron chi connectivity index (χ2n) is 5.28. The van der Waals surface area contributed by atoms with Gasteiger partial charge in [0.15, 0.2) is 0 Å². The molecule has 1 aromatic rings. The highest BCUT2D eigenvalue weighted by Crippen LogP contribution is 2.27. The van der Waals surface area contributed by atoms with Gasteiger partial charge in [0.25, 0.3) is 0 Å². The summed E-state index contributed by atoms with van der Waals surface area (Å²) in [5.41, 5.74) is 1.13. The lowest BCUT2D eigenvalue weighted by molar-refractivity contribution is -0.140. The monoisotopic (exact) mass is 263 g/mol. The van der Waals surface area contributed by atoms with Crippen LogP contribution < -0.4 is 10.1 Å². The molecule has 104 valence electrons. The van der Waals surface area contributed by atoms with Crippen LogP contribution in [0.1, 0.15) is 44.7 Å². The van der Waals surface area contributed by atoms with Crippen LogP contribution in [0.5, 0.6) is 5.75 Å². The van der Waals surface area contributed by atoms with E-state index in [1.807, 2.05) is 38.1 Å². The molecule has 2 atom stereocenters. The SMILES string of the molecule is CC(C)Oc1ccc(C2CCCC(C(=O)O)N2)cc1. The summed E-state index contributed by atoms with van der Waals surface area (Å²) in [4.78, 5) is 11.0. The number of benzene rings is 1. The van der Waals surface area contributed by atoms with E-state index in [2.05, 4.69) is 5.32 Å². The summed E-state index contributed by atoms with van der Waals surface area (Å²) < 4.78 is 5.60. The van der Waals surface area contributed by atoms with Crippen molar-refractivity contribution < 1.29 is 14.6 Å². The molecule has 0 saturated carbocycles. The zero-order valence-electron chi connectivity index (χ0n) is 11.4. The van der Waals surface area contributed by atoms with Gasteiger partial charge in [0.1, 0.15) is 11.8 Å². The summed E-state index contributed by atoms with van der Waals surface area (Å²) in [6.07, 6.45) is 2.79. The van der Waals surface area contributed by atoms with Crippen LogP contribution in [0.2, 0.25) is 0 Å². The predicted molar refractivity (Wildman–Crippen MR) is 73.4 cm³/mol. The molecule has 19 heavy (non-hydrogen) atoms. The second-order valence-corrected chi connectivity index (χ2v) is 5.28. The summed E-state index contributed by atoms with van der Waals surface area (Å²) in [6, 6.07) is 7.62. The molecule has 1 heterocycles. The average Bonchev–Trinajstić information content (AvgIpc) is 2.39. The summed E-state index contributed by atoms with van der Waals surface area (Å²) in [5, 5.41) is 12.3. The Labute approximate surface area is 113 Å². The molecule has 0 bridgehead atoms. The highest BCUT2D eigenvalue weighted by molar-refractivity contribution is 5.73. The minimum Gasteiger partial charge on any atom is -0.491 e. The van der Waals surface area contributed by atoms with Gasteiger partial charge in [-0.15, -0.1) is 0 Å². The van der Waals surface area contributed by atoms with Crippen molar-refractivity contribution in [1.82, 2.24) is 5.32 Å². The molecule has 0 aromatic heterocycles. The van der Waals surface area contributed by atoms with Gasteiger partial charge in [-0.1, -0.05) is 12.1 Å². The molecule has 0 spiro atoms. The quantitative estimate of drug-likeness (QED) is 0.877. The first kappa shape index (κ1) is 13.9. The van der Waals surface area contributed by atoms with Crippen LogP contribution in [0.4, 0.5) is 0 Å². The van der Waals surface area contributed by atoms with E-state index in [1.165, 1.54) is 0 Å². The smallest absolute Gasteiger partial charge is 0.320 e. The lowest BCUT2D eigenvalue weighted by Gasteiger charge is -2.29. The lowest BCUT2D eigenvalue weighted by Crippen LogP contribution is -2.42. The van der Waals surface area contributed by atoms with Crippen LogP contribution in [-0.2, 0) is 4.79 Å². The van der Waals surface area contributed by atoms with Crippen molar-refractivity contribution >= 4 is 5.97 Å². The Morgan fingerprint density at radius 2 is 2.00 bits per heavy atom. The van der Waals surface area contributed by atoms with Gasteiger partial charge in [-0.2, -0.15) is 0 Å². The van der Waals surface area contributed by atoms with E-state index in [1.54, 1.807) is 0 Å². The minimum absolute atomic E-state index is 0.128. The van der Waals surface area contributed by atoms with Crippen molar-refractivity contribution in [2.75, 3.05) is 0 Å². The molecule has 2 rings (SSSR count). The molecule has 2 unspecified atom stereocenters. The van der Waals surface area contributed by atoms with Crippen molar-refractivity contribution in [2.45, 2.75) is 51.3 Å². The Balaban J connectivity index is 2.03. The molecule has 1 aromatic carbocycles. The molecule has 0 amide bonds. The fraction of sp³-hybridized carbons (Fsp3) is 0.533. The third-order valence-electron chi connectivity index (χ3n) is 3.34. The fourth-order valence-electron chi connectivity index (χ4n) is 2.44. The van der Waals surface area contributed by atoms with Gasteiger partial charge in [0.05, 0.1) is 6.10 Å². The first-order valence-corrected chi connectivity index (χ1v) is 6.81. The highest BCUT2D eigenvalue weighted by atomic mass is 16.5. The first-order chi connectivity index (χ1) is 9.06. The molecule has 1 fully saturated rings. The number of ether oxygens (including phenoxy) is 1. The van der Waals surface area contributed by atoms with E-state index in [0.717, 1.165) is 24.2 Å². The van der Waals surface area contributed by atoms with Crippen LogP contribution in [0.3, 0.4) is 0 Å². The molecule has 1 aliphatic rings. The number of hydrogen-bond acceptors (Lipinski definition) is 3. The Morgan fingerprint density at radius 1 is 1.32 bits per heavy atom.